The third-order valence-electron chi connectivity index (χ3n) is 1.96. The average Bonchev–Trinajstić information content (AvgIpc) is 2.16. The Bertz CT molecular complexity index is 307. The SMILES string of the molecule is COc1cccc([C@@H](C)C(=O)O)c1. The molecule has 0 amide bonds. The van der Waals surface area contributed by atoms with Crippen LogP contribution in [0.2, 0.25) is 0 Å². The first-order valence-electron chi connectivity index (χ1n) is 4.02. The van der Waals surface area contributed by atoms with Crippen molar-refractivity contribution in [3.05, 3.63) is 29.8 Å². The second kappa shape index (κ2) is 3.94. The lowest BCUT2D eigenvalue weighted by Crippen LogP contribution is -2.07. The van der Waals surface area contributed by atoms with Gasteiger partial charge in [-0.15, -0.1) is 0 Å². The van der Waals surface area contributed by atoms with Gasteiger partial charge in [-0.3, -0.25) is 4.79 Å². The van der Waals surface area contributed by atoms with E-state index in [0.29, 0.717) is 5.75 Å². The molecule has 0 radical (unpaired) electrons. The Morgan fingerprint density at radius 2 is 2.23 bits per heavy atom. The summed E-state index contributed by atoms with van der Waals surface area (Å²) in [5.41, 5.74) is 0.756. The molecule has 0 heterocycles. The number of carboxylic acids is 1. The van der Waals surface area contributed by atoms with E-state index in [1.165, 1.54) is 0 Å². The van der Waals surface area contributed by atoms with E-state index < -0.39 is 11.9 Å². The zero-order chi connectivity index (χ0) is 9.84. The van der Waals surface area contributed by atoms with Crippen molar-refractivity contribution in [1.82, 2.24) is 0 Å². The Morgan fingerprint density at radius 3 is 2.77 bits per heavy atom. The van der Waals surface area contributed by atoms with Crippen molar-refractivity contribution >= 4 is 5.97 Å². The fraction of sp³-hybridized carbons (Fsp3) is 0.300. The van der Waals surface area contributed by atoms with Crippen molar-refractivity contribution in [2.24, 2.45) is 0 Å². The highest BCUT2D eigenvalue weighted by Crippen LogP contribution is 2.20. The van der Waals surface area contributed by atoms with Gasteiger partial charge in [-0.25, -0.2) is 0 Å². The lowest BCUT2D eigenvalue weighted by Gasteiger charge is -2.07. The molecule has 0 saturated heterocycles. The van der Waals surface area contributed by atoms with E-state index in [2.05, 4.69) is 0 Å². The molecule has 70 valence electrons. The van der Waals surface area contributed by atoms with E-state index in [1.807, 2.05) is 0 Å². The van der Waals surface area contributed by atoms with Crippen LogP contribution < -0.4 is 4.74 Å². The summed E-state index contributed by atoms with van der Waals surface area (Å²) >= 11 is 0. The number of methoxy groups -OCH3 is 1. The van der Waals surface area contributed by atoms with Crippen molar-refractivity contribution in [2.75, 3.05) is 7.11 Å². The van der Waals surface area contributed by atoms with Crippen molar-refractivity contribution < 1.29 is 14.6 Å². The second-order valence-electron chi connectivity index (χ2n) is 2.84. The Labute approximate surface area is 77.0 Å². The Morgan fingerprint density at radius 1 is 1.54 bits per heavy atom. The zero-order valence-corrected chi connectivity index (χ0v) is 7.65. The molecular weight excluding hydrogens is 168 g/mol. The Kier molecular flexibility index (Phi) is 2.90. The van der Waals surface area contributed by atoms with Crippen LogP contribution in [0.3, 0.4) is 0 Å². The minimum Gasteiger partial charge on any atom is -0.497 e. The predicted octanol–water partition coefficient (Wildman–Crippen LogP) is 1.88. The van der Waals surface area contributed by atoms with Crippen LogP contribution in [0.5, 0.6) is 5.75 Å². The first-order chi connectivity index (χ1) is 6.15. The molecule has 0 aromatic heterocycles. The number of hydrogen-bond acceptors (Lipinski definition) is 2. The van der Waals surface area contributed by atoms with E-state index in [9.17, 15) is 4.79 Å². The maximum atomic E-state index is 10.7. The van der Waals surface area contributed by atoms with Gasteiger partial charge in [-0.2, -0.15) is 0 Å². The van der Waals surface area contributed by atoms with Crippen LogP contribution in [-0.2, 0) is 4.79 Å². The lowest BCUT2D eigenvalue weighted by molar-refractivity contribution is -0.138. The van der Waals surface area contributed by atoms with Gasteiger partial charge in [0.2, 0.25) is 0 Å². The van der Waals surface area contributed by atoms with Gasteiger partial charge < -0.3 is 9.84 Å². The summed E-state index contributed by atoms with van der Waals surface area (Å²) in [6.07, 6.45) is 0. The highest BCUT2D eigenvalue weighted by atomic mass is 16.5. The number of aliphatic carboxylic acids is 1. The molecule has 0 aliphatic carbocycles. The Hall–Kier alpha value is -1.51. The quantitative estimate of drug-likeness (QED) is 0.772. The number of rotatable bonds is 3. The van der Waals surface area contributed by atoms with E-state index in [0.717, 1.165) is 5.56 Å². The summed E-state index contributed by atoms with van der Waals surface area (Å²) in [5.74, 6) is -0.631. The largest absolute Gasteiger partial charge is 0.497 e. The molecule has 1 atom stereocenters. The van der Waals surface area contributed by atoms with Crippen molar-refractivity contribution in [3.8, 4) is 5.75 Å². The van der Waals surface area contributed by atoms with E-state index >= 15 is 0 Å². The van der Waals surface area contributed by atoms with Gasteiger partial charge in [0.1, 0.15) is 5.75 Å². The molecule has 3 nitrogen and oxygen atoms in total. The first kappa shape index (κ1) is 9.58. The standard InChI is InChI=1S/C10H12O3/c1-7(10(11)12)8-4-3-5-9(6-8)13-2/h3-7H,1-2H3,(H,11,12)/t7-/m1/s1. The average molecular weight is 180 g/mol. The number of carboxylic acid groups (broad SMARTS) is 1. The minimum atomic E-state index is -0.826. The third kappa shape index (κ3) is 2.21. The second-order valence-corrected chi connectivity index (χ2v) is 2.84. The van der Waals surface area contributed by atoms with Crippen molar-refractivity contribution in [1.29, 1.82) is 0 Å². The molecule has 0 unspecified atom stereocenters. The molecule has 1 N–H and O–H groups in total. The monoisotopic (exact) mass is 180 g/mol. The fourth-order valence-electron chi connectivity index (χ4n) is 1.05. The maximum Gasteiger partial charge on any atom is 0.310 e. The number of hydrogen-bond donors (Lipinski definition) is 1. The summed E-state index contributed by atoms with van der Waals surface area (Å²) in [6, 6.07) is 7.09. The molecule has 0 saturated carbocycles. The van der Waals surface area contributed by atoms with Crippen LogP contribution in [-0.4, -0.2) is 18.2 Å². The molecule has 0 aliphatic heterocycles. The minimum absolute atomic E-state index is 0.491. The van der Waals surface area contributed by atoms with Crippen LogP contribution in [0.4, 0.5) is 0 Å². The number of ether oxygens (including phenoxy) is 1. The predicted molar refractivity (Wildman–Crippen MR) is 49.0 cm³/mol. The van der Waals surface area contributed by atoms with Gasteiger partial charge in [0, 0.05) is 0 Å². The maximum absolute atomic E-state index is 10.7. The van der Waals surface area contributed by atoms with Crippen molar-refractivity contribution in [2.45, 2.75) is 12.8 Å². The fourth-order valence-corrected chi connectivity index (χ4v) is 1.05. The summed E-state index contributed by atoms with van der Waals surface area (Å²) in [5, 5.41) is 8.76. The Balaban J connectivity index is 2.94. The van der Waals surface area contributed by atoms with Gasteiger partial charge in [-0.05, 0) is 24.6 Å². The van der Waals surface area contributed by atoms with Gasteiger partial charge in [0.15, 0.2) is 0 Å². The van der Waals surface area contributed by atoms with Gasteiger partial charge in [0.25, 0.3) is 0 Å². The van der Waals surface area contributed by atoms with Crippen LogP contribution in [0.1, 0.15) is 18.4 Å². The molecule has 13 heavy (non-hydrogen) atoms. The molecule has 3 heteroatoms. The normalized spacial score (nSPS) is 12.2. The van der Waals surface area contributed by atoms with Crippen LogP contribution >= 0.6 is 0 Å². The number of benzene rings is 1. The topological polar surface area (TPSA) is 46.5 Å². The molecule has 0 bridgehead atoms. The van der Waals surface area contributed by atoms with Crippen LogP contribution in [0, 0.1) is 0 Å². The molecule has 0 spiro atoms. The molecular formula is C10H12O3. The van der Waals surface area contributed by atoms with Crippen LogP contribution in [0.15, 0.2) is 24.3 Å². The van der Waals surface area contributed by atoms with Crippen LogP contribution in [0.25, 0.3) is 0 Å². The summed E-state index contributed by atoms with van der Waals surface area (Å²) < 4.78 is 4.99. The van der Waals surface area contributed by atoms with Gasteiger partial charge >= 0.3 is 5.97 Å². The summed E-state index contributed by atoms with van der Waals surface area (Å²) in [7, 11) is 1.56. The lowest BCUT2D eigenvalue weighted by atomic mass is 10.0. The third-order valence-corrected chi connectivity index (χ3v) is 1.96. The summed E-state index contributed by atoms with van der Waals surface area (Å²) in [6.45, 7) is 1.65. The highest BCUT2D eigenvalue weighted by molar-refractivity contribution is 5.75. The highest BCUT2D eigenvalue weighted by Gasteiger charge is 2.13. The van der Waals surface area contributed by atoms with E-state index in [1.54, 1.807) is 38.3 Å². The molecule has 0 fully saturated rings. The van der Waals surface area contributed by atoms with E-state index in [-0.39, 0.29) is 0 Å². The first-order valence-corrected chi connectivity index (χ1v) is 4.02. The summed E-state index contributed by atoms with van der Waals surface area (Å²) in [4.78, 5) is 10.7. The smallest absolute Gasteiger partial charge is 0.310 e. The van der Waals surface area contributed by atoms with Gasteiger partial charge in [0.05, 0.1) is 13.0 Å². The van der Waals surface area contributed by atoms with Gasteiger partial charge in [-0.1, -0.05) is 12.1 Å². The molecule has 1 aromatic rings. The van der Waals surface area contributed by atoms with E-state index in [4.69, 9.17) is 9.84 Å². The molecule has 1 aromatic carbocycles. The molecule has 0 aliphatic rings. The zero-order valence-electron chi connectivity index (χ0n) is 7.65. The number of carbonyl (C=O) groups is 1. The van der Waals surface area contributed by atoms with Crippen molar-refractivity contribution in [3.63, 3.8) is 0 Å². The molecule has 1 rings (SSSR count).